The number of carbonyl (C=O) groups is 2. The van der Waals surface area contributed by atoms with E-state index < -0.39 is 23.7 Å². The Morgan fingerprint density at radius 3 is 2.58 bits per heavy atom. The van der Waals surface area contributed by atoms with Crippen LogP contribution in [0.3, 0.4) is 0 Å². The van der Waals surface area contributed by atoms with Gasteiger partial charge in [-0.3, -0.25) is 4.68 Å². The number of aliphatic carboxylic acids is 1. The van der Waals surface area contributed by atoms with Crippen molar-refractivity contribution in [2.75, 3.05) is 0 Å². The van der Waals surface area contributed by atoms with Crippen LogP contribution in [0.25, 0.3) is 0 Å². The lowest BCUT2D eigenvalue weighted by atomic mass is 10.1. The van der Waals surface area contributed by atoms with E-state index >= 15 is 0 Å². The summed E-state index contributed by atoms with van der Waals surface area (Å²) in [4.78, 5) is 22.8. The molecule has 0 spiro atoms. The Hall–Kier alpha value is -2.05. The number of nitrogens with zero attached hydrogens (tertiary/aromatic N) is 2. The number of carboxylic acids is 1. The molecule has 1 unspecified atom stereocenters. The molecule has 0 aliphatic heterocycles. The summed E-state index contributed by atoms with van der Waals surface area (Å²) in [6.45, 7) is 7.62. The Balaban J connectivity index is 2.79. The number of carboxylic acid groups (broad SMARTS) is 1. The van der Waals surface area contributed by atoms with Crippen molar-refractivity contribution < 1.29 is 19.4 Å². The molecule has 2 N–H and O–H groups in total. The fourth-order valence-corrected chi connectivity index (χ4v) is 1.41. The van der Waals surface area contributed by atoms with Gasteiger partial charge in [-0.2, -0.15) is 5.10 Å². The van der Waals surface area contributed by atoms with Crippen molar-refractivity contribution in [3.63, 3.8) is 0 Å². The van der Waals surface area contributed by atoms with Gasteiger partial charge in [0.2, 0.25) is 0 Å². The van der Waals surface area contributed by atoms with E-state index in [1.165, 1.54) is 6.20 Å². The molecule has 1 atom stereocenters. The first-order valence-electron chi connectivity index (χ1n) is 5.97. The molecule has 0 saturated carbocycles. The van der Waals surface area contributed by atoms with Gasteiger partial charge in [-0.25, -0.2) is 9.59 Å². The van der Waals surface area contributed by atoms with Crippen molar-refractivity contribution in [1.82, 2.24) is 15.1 Å². The van der Waals surface area contributed by atoms with Gasteiger partial charge in [-0.1, -0.05) is 0 Å². The minimum absolute atomic E-state index is 0.403. The second kappa shape index (κ2) is 5.73. The molecule has 0 radical (unpaired) electrons. The largest absolute Gasteiger partial charge is 0.479 e. The third kappa shape index (κ3) is 4.61. The number of nitrogens with one attached hydrogen (secondary N) is 1. The number of aromatic nitrogens is 2. The summed E-state index contributed by atoms with van der Waals surface area (Å²) in [7, 11) is 0. The maximum atomic E-state index is 11.6. The van der Waals surface area contributed by atoms with Crippen molar-refractivity contribution in [3.8, 4) is 0 Å². The number of hydrogen-bond donors (Lipinski definition) is 2. The second-order valence-corrected chi connectivity index (χ2v) is 5.05. The molecule has 19 heavy (non-hydrogen) atoms. The average molecular weight is 269 g/mol. The normalized spacial score (nSPS) is 12.8. The van der Waals surface area contributed by atoms with Crippen molar-refractivity contribution >= 4 is 12.1 Å². The molecule has 7 heteroatoms. The van der Waals surface area contributed by atoms with Crippen molar-refractivity contribution in [1.29, 1.82) is 0 Å². The first-order chi connectivity index (χ1) is 8.73. The lowest BCUT2D eigenvalue weighted by Crippen LogP contribution is -2.37. The van der Waals surface area contributed by atoms with Crippen molar-refractivity contribution in [3.05, 3.63) is 18.0 Å². The minimum atomic E-state index is -1.17. The highest BCUT2D eigenvalue weighted by molar-refractivity contribution is 5.81. The summed E-state index contributed by atoms with van der Waals surface area (Å²) in [5.41, 5.74) is -0.277. The number of alkyl carbamates (subject to hydrolysis) is 1. The molecule has 0 aliphatic rings. The fourth-order valence-electron chi connectivity index (χ4n) is 1.41. The highest BCUT2D eigenvalue weighted by Gasteiger charge is 2.26. The Morgan fingerprint density at radius 2 is 2.16 bits per heavy atom. The van der Waals surface area contributed by atoms with Crippen LogP contribution < -0.4 is 5.32 Å². The molecular formula is C12H19N3O4. The molecule has 1 amide bonds. The number of carbonyl (C=O) groups excluding carboxylic acids is 1. The van der Waals surface area contributed by atoms with Gasteiger partial charge < -0.3 is 15.2 Å². The molecule has 106 valence electrons. The molecular weight excluding hydrogens is 250 g/mol. The predicted octanol–water partition coefficient (Wildman–Crippen LogP) is 1.55. The van der Waals surface area contributed by atoms with Gasteiger partial charge in [-0.15, -0.1) is 0 Å². The van der Waals surface area contributed by atoms with Crippen LogP contribution in [-0.2, 0) is 16.1 Å². The monoisotopic (exact) mass is 269 g/mol. The van der Waals surface area contributed by atoms with Crippen molar-refractivity contribution in [2.24, 2.45) is 0 Å². The van der Waals surface area contributed by atoms with Crippen LogP contribution in [0.5, 0.6) is 0 Å². The zero-order valence-corrected chi connectivity index (χ0v) is 11.5. The quantitative estimate of drug-likeness (QED) is 0.865. The average Bonchev–Trinajstić information content (AvgIpc) is 2.71. The summed E-state index contributed by atoms with van der Waals surface area (Å²) >= 11 is 0. The molecule has 1 aromatic heterocycles. The van der Waals surface area contributed by atoms with E-state index in [4.69, 9.17) is 9.84 Å². The Bertz CT molecular complexity index is 462. The van der Waals surface area contributed by atoms with E-state index in [2.05, 4.69) is 10.4 Å². The molecule has 7 nitrogen and oxygen atoms in total. The summed E-state index contributed by atoms with van der Waals surface area (Å²) in [5, 5.41) is 15.4. The zero-order valence-electron chi connectivity index (χ0n) is 11.5. The van der Waals surface area contributed by atoms with Crippen LogP contribution in [0.15, 0.2) is 12.4 Å². The van der Waals surface area contributed by atoms with Crippen LogP contribution in [0.4, 0.5) is 4.79 Å². The van der Waals surface area contributed by atoms with Gasteiger partial charge in [0.1, 0.15) is 5.60 Å². The number of amides is 1. The van der Waals surface area contributed by atoms with Gasteiger partial charge in [0.15, 0.2) is 6.04 Å². The molecule has 0 fully saturated rings. The van der Waals surface area contributed by atoms with Gasteiger partial charge in [0, 0.05) is 18.3 Å². The van der Waals surface area contributed by atoms with E-state index in [9.17, 15) is 9.59 Å². The second-order valence-electron chi connectivity index (χ2n) is 5.05. The summed E-state index contributed by atoms with van der Waals surface area (Å²) in [6, 6.07) is -1.17. The molecule has 1 rings (SSSR count). The topological polar surface area (TPSA) is 93.5 Å². The zero-order chi connectivity index (χ0) is 14.6. The highest BCUT2D eigenvalue weighted by Crippen LogP contribution is 2.14. The third-order valence-corrected chi connectivity index (χ3v) is 2.22. The number of hydrogen-bond acceptors (Lipinski definition) is 4. The first-order valence-corrected chi connectivity index (χ1v) is 5.97. The standard InChI is InChI=1S/C12H19N3O4/c1-5-15-7-8(6-13-15)9(10(16)17)14-11(18)19-12(2,3)4/h6-7,9H,5H2,1-4H3,(H,14,18)(H,16,17). The van der Waals surface area contributed by atoms with Crippen molar-refractivity contribution in [2.45, 2.75) is 45.9 Å². The van der Waals surface area contributed by atoms with Gasteiger partial charge >= 0.3 is 12.1 Å². The Labute approximate surface area is 111 Å². The van der Waals surface area contributed by atoms with Gasteiger partial charge in [0.25, 0.3) is 0 Å². The van der Waals surface area contributed by atoms with E-state index in [0.717, 1.165) is 0 Å². The van der Waals surface area contributed by atoms with E-state index in [1.807, 2.05) is 6.92 Å². The van der Waals surface area contributed by atoms with E-state index in [-0.39, 0.29) is 0 Å². The van der Waals surface area contributed by atoms with Crippen LogP contribution in [0.2, 0.25) is 0 Å². The number of rotatable bonds is 4. The van der Waals surface area contributed by atoms with Crippen LogP contribution in [-0.4, -0.2) is 32.6 Å². The van der Waals surface area contributed by atoms with E-state index in [1.54, 1.807) is 31.6 Å². The third-order valence-electron chi connectivity index (χ3n) is 2.22. The highest BCUT2D eigenvalue weighted by atomic mass is 16.6. The molecule has 0 bridgehead atoms. The molecule has 1 aromatic rings. The molecule has 0 aliphatic carbocycles. The Morgan fingerprint density at radius 1 is 1.53 bits per heavy atom. The molecule has 0 aromatic carbocycles. The SMILES string of the molecule is CCn1cc(C(NC(=O)OC(C)(C)C)C(=O)O)cn1. The lowest BCUT2D eigenvalue weighted by Gasteiger charge is -2.21. The van der Waals surface area contributed by atoms with Crippen LogP contribution >= 0.6 is 0 Å². The Kier molecular flexibility index (Phi) is 4.52. The summed E-state index contributed by atoms with van der Waals surface area (Å²) in [5.74, 6) is -1.17. The number of ether oxygens (including phenoxy) is 1. The van der Waals surface area contributed by atoms with Gasteiger partial charge in [-0.05, 0) is 27.7 Å². The van der Waals surface area contributed by atoms with Crippen LogP contribution in [0.1, 0.15) is 39.3 Å². The fraction of sp³-hybridized carbons (Fsp3) is 0.583. The molecule has 1 heterocycles. The van der Waals surface area contributed by atoms with Crippen LogP contribution in [0, 0.1) is 0 Å². The lowest BCUT2D eigenvalue weighted by molar-refractivity contribution is -0.139. The van der Waals surface area contributed by atoms with Gasteiger partial charge in [0.05, 0.1) is 6.20 Å². The maximum absolute atomic E-state index is 11.6. The smallest absolute Gasteiger partial charge is 0.408 e. The molecule has 0 saturated heterocycles. The predicted molar refractivity (Wildman–Crippen MR) is 67.6 cm³/mol. The number of aryl methyl sites for hydroxylation is 1. The maximum Gasteiger partial charge on any atom is 0.408 e. The summed E-state index contributed by atoms with van der Waals surface area (Å²) in [6.07, 6.45) is 2.22. The van der Waals surface area contributed by atoms with E-state index in [0.29, 0.717) is 12.1 Å². The summed E-state index contributed by atoms with van der Waals surface area (Å²) < 4.78 is 6.62. The first kappa shape index (κ1) is 15.0. The minimum Gasteiger partial charge on any atom is -0.479 e.